The molecule has 25 heavy (non-hydrogen) atoms. The van der Waals surface area contributed by atoms with Crippen LogP contribution in [0.25, 0.3) is 0 Å². The maximum atomic E-state index is 12.2. The maximum Gasteiger partial charge on any atom is 0.407 e. The van der Waals surface area contributed by atoms with Crippen LogP contribution in [-0.4, -0.2) is 66.7 Å². The molecule has 1 aromatic carbocycles. The Morgan fingerprint density at radius 1 is 1.28 bits per heavy atom. The van der Waals surface area contributed by atoms with Gasteiger partial charge in [0.15, 0.2) is 0 Å². The van der Waals surface area contributed by atoms with Crippen LogP contribution < -0.4 is 5.32 Å². The third-order valence-corrected chi connectivity index (χ3v) is 4.01. The Balaban J connectivity index is 2.00. The van der Waals surface area contributed by atoms with Crippen LogP contribution in [-0.2, 0) is 15.9 Å². The molecule has 0 radical (unpaired) electrons. The molecule has 2 atom stereocenters. The van der Waals surface area contributed by atoms with E-state index in [0.717, 1.165) is 18.7 Å². The van der Waals surface area contributed by atoms with Crippen LogP contribution in [0.2, 0.25) is 0 Å². The average molecular weight is 350 g/mol. The highest BCUT2D eigenvalue weighted by Gasteiger charge is 2.27. The fourth-order valence-corrected chi connectivity index (χ4v) is 2.79. The molecular formula is C19H30N2O4. The van der Waals surface area contributed by atoms with Gasteiger partial charge in [-0.3, -0.25) is 4.90 Å². The third kappa shape index (κ3) is 7.42. The summed E-state index contributed by atoms with van der Waals surface area (Å²) in [5.74, 6) is 0. The minimum Gasteiger partial charge on any atom is -0.444 e. The summed E-state index contributed by atoms with van der Waals surface area (Å²) in [6, 6.07) is 9.42. The Bertz CT molecular complexity index is 524. The van der Waals surface area contributed by atoms with Gasteiger partial charge in [-0.1, -0.05) is 30.3 Å². The summed E-state index contributed by atoms with van der Waals surface area (Å²) in [4.78, 5) is 14.3. The molecule has 6 nitrogen and oxygen atoms in total. The number of nitrogens with one attached hydrogen (secondary N) is 1. The molecule has 0 spiro atoms. The molecule has 0 aliphatic carbocycles. The molecule has 2 rings (SSSR count). The smallest absolute Gasteiger partial charge is 0.407 e. The monoisotopic (exact) mass is 350 g/mol. The molecule has 1 aromatic rings. The van der Waals surface area contributed by atoms with Gasteiger partial charge in [0.2, 0.25) is 0 Å². The second-order valence-electron chi connectivity index (χ2n) is 7.42. The number of morpholine rings is 1. The van der Waals surface area contributed by atoms with Gasteiger partial charge in [0.05, 0.1) is 25.4 Å². The number of aliphatic hydroxyl groups is 1. The molecule has 1 aliphatic rings. The number of alkyl carbamates (subject to hydrolysis) is 1. The Morgan fingerprint density at radius 2 is 1.92 bits per heavy atom. The lowest BCUT2D eigenvalue weighted by Gasteiger charge is -2.32. The van der Waals surface area contributed by atoms with Gasteiger partial charge in [0, 0.05) is 19.6 Å². The Hall–Kier alpha value is -1.63. The standard InChI is InChI=1S/C19H30N2O4/c1-19(2,3)25-18(23)20-16(13-15-7-5-4-6-8-15)17(22)14-21-9-11-24-12-10-21/h4-8,16-17,22H,9-14H2,1-3H3,(H,20,23)/t16-,17-/m1/s1. The number of carbonyl (C=O) groups is 1. The Morgan fingerprint density at radius 3 is 2.52 bits per heavy atom. The number of aliphatic hydroxyl groups excluding tert-OH is 1. The van der Waals surface area contributed by atoms with Crippen LogP contribution in [0, 0.1) is 0 Å². The molecule has 2 N–H and O–H groups in total. The zero-order valence-electron chi connectivity index (χ0n) is 15.4. The second kappa shape index (κ2) is 9.17. The maximum absolute atomic E-state index is 12.2. The highest BCUT2D eigenvalue weighted by molar-refractivity contribution is 5.68. The van der Waals surface area contributed by atoms with Gasteiger partial charge in [0.25, 0.3) is 0 Å². The largest absolute Gasteiger partial charge is 0.444 e. The van der Waals surface area contributed by atoms with E-state index in [1.807, 2.05) is 51.1 Å². The molecule has 1 heterocycles. The van der Waals surface area contributed by atoms with E-state index in [-0.39, 0.29) is 0 Å². The van der Waals surface area contributed by atoms with Gasteiger partial charge in [-0.05, 0) is 32.8 Å². The van der Waals surface area contributed by atoms with E-state index in [9.17, 15) is 9.90 Å². The highest BCUT2D eigenvalue weighted by Crippen LogP contribution is 2.11. The van der Waals surface area contributed by atoms with E-state index in [1.165, 1.54) is 0 Å². The number of β-amino-alcohol motifs (C(OH)–C–C–N with tert-alkyl or cyclic N) is 1. The molecule has 1 amide bonds. The van der Waals surface area contributed by atoms with Crippen molar-refractivity contribution >= 4 is 6.09 Å². The zero-order valence-corrected chi connectivity index (χ0v) is 15.4. The number of hydrogen-bond acceptors (Lipinski definition) is 5. The topological polar surface area (TPSA) is 71.0 Å². The van der Waals surface area contributed by atoms with Gasteiger partial charge < -0.3 is 19.9 Å². The molecule has 6 heteroatoms. The first kappa shape index (κ1) is 19.7. The van der Waals surface area contributed by atoms with E-state index in [0.29, 0.717) is 26.2 Å². The van der Waals surface area contributed by atoms with Crippen molar-refractivity contribution in [2.75, 3.05) is 32.8 Å². The van der Waals surface area contributed by atoms with Gasteiger partial charge in [0.1, 0.15) is 5.60 Å². The minimum atomic E-state index is -0.689. The van der Waals surface area contributed by atoms with E-state index in [1.54, 1.807) is 0 Å². The Kier molecular flexibility index (Phi) is 7.23. The SMILES string of the molecule is CC(C)(C)OC(=O)N[C@H](Cc1ccccc1)[C@H](O)CN1CCOCC1. The molecule has 0 saturated carbocycles. The predicted molar refractivity (Wildman–Crippen MR) is 96.6 cm³/mol. The van der Waals surface area contributed by atoms with Crippen LogP contribution in [0.1, 0.15) is 26.3 Å². The number of benzene rings is 1. The molecule has 1 aliphatic heterocycles. The summed E-state index contributed by atoms with van der Waals surface area (Å²) in [5.41, 5.74) is 0.487. The minimum absolute atomic E-state index is 0.417. The van der Waals surface area contributed by atoms with Crippen molar-refractivity contribution < 1.29 is 19.4 Å². The van der Waals surface area contributed by atoms with Gasteiger partial charge in [-0.2, -0.15) is 0 Å². The lowest BCUT2D eigenvalue weighted by atomic mass is 10.0. The first-order valence-corrected chi connectivity index (χ1v) is 8.85. The first-order chi connectivity index (χ1) is 11.8. The van der Waals surface area contributed by atoms with Crippen LogP contribution >= 0.6 is 0 Å². The van der Waals surface area contributed by atoms with Crippen LogP contribution in [0.4, 0.5) is 4.79 Å². The van der Waals surface area contributed by atoms with Crippen molar-refractivity contribution in [1.82, 2.24) is 10.2 Å². The summed E-state index contributed by atoms with van der Waals surface area (Å²) >= 11 is 0. The van der Waals surface area contributed by atoms with Gasteiger partial charge >= 0.3 is 6.09 Å². The summed E-state index contributed by atoms with van der Waals surface area (Å²) in [6.07, 6.45) is -0.647. The molecular weight excluding hydrogens is 320 g/mol. The van der Waals surface area contributed by atoms with E-state index >= 15 is 0 Å². The summed E-state index contributed by atoms with van der Waals surface area (Å²) in [5, 5.41) is 13.6. The van der Waals surface area contributed by atoms with Crippen molar-refractivity contribution in [1.29, 1.82) is 0 Å². The van der Waals surface area contributed by atoms with E-state index in [2.05, 4.69) is 10.2 Å². The van der Waals surface area contributed by atoms with E-state index < -0.39 is 23.8 Å². The number of nitrogens with zero attached hydrogens (tertiary/aromatic N) is 1. The van der Waals surface area contributed by atoms with Crippen molar-refractivity contribution in [2.24, 2.45) is 0 Å². The first-order valence-electron chi connectivity index (χ1n) is 8.85. The predicted octanol–water partition coefficient (Wildman–Crippen LogP) is 1.82. The zero-order chi connectivity index (χ0) is 18.3. The fraction of sp³-hybridized carbons (Fsp3) is 0.632. The second-order valence-corrected chi connectivity index (χ2v) is 7.42. The van der Waals surface area contributed by atoms with Crippen molar-refractivity contribution in [2.45, 2.75) is 44.9 Å². The number of rotatable bonds is 6. The number of hydrogen-bond donors (Lipinski definition) is 2. The highest BCUT2D eigenvalue weighted by atomic mass is 16.6. The summed E-state index contributed by atoms with van der Waals surface area (Å²) in [6.45, 7) is 8.90. The fourth-order valence-electron chi connectivity index (χ4n) is 2.79. The Labute approximate surface area is 150 Å². The van der Waals surface area contributed by atoms with Crippen LogP contribution in [0.15, 0.2) is 30.3 Å². The third-order valence-electron chi connectivity index (χ3n) is 4.01. The normalized spacial score (nSPS) is 18.4. The van der Waals surface area contributed by atoms with Crippen molar-refractivity contribution in [3.63, 3.8) is 0 Å². The summed E-state index contributed by atoms with van der Waals surface area (Å²) in [7, 11) is 0. The molecule has 1 saturated heterocycles. The molecule has 140 valence electrons. The van der Waals surface area contributed by atoms with Crippen LogP contribution in [0.5, 0.6) is 0 Å². The van der Waals surface area contributed by atoms with Crippen molar-refractivity contribution in [3.05, 3.63) is 35.9 Å². The number of amides is 1. The van der Waals surface area contributed by atoms with Gasteiger partial charge in [-0.25, -0.2) is 4.79 Å². The quantitative estimate of drug-likeness (QED) is 0.819. The average Bonchev–Trinajstić information content (AvgIpc) is 2.54. The van der Waals surface area contributed by atoms with Crippen molar-refractivity contribution in [3.8, 4) is 0 Å². The number of ether oxygens (including phenoxy) is 2. The summed E-state index contributed by atoms with van der Waals surface area (Å²) < 4.78 is 10.7. The van der Waals surface area contributed by atoms with Crippen LogP contribution in [0.3, 0.4) is 0 Å². The number of carbonyl (C=O) groups excluding carboxylic acids is 1. The molecule has 0 aromatic heterocycles. The molecule has 1 fully saturated rings. The lowest BCUT2D eigenvalue weighted by molar-refractivity contribution is 0.00302. The van der Waals surface area contributed by atoms with Gasteiger partial charge in [-0.15, -0.1) is 0 Å². The molecule has 0 unspecified atom stereocenters. The molecule has 0 bridgehead atoms. The van der Waals surface area contributed by atoms with E-state index in [4.69, 9.17) is 9.47 Å². The lowest BCUT2D eigenvalue weighted by Crippen LogP contribution is -2.52.